The van der Waals surface area contributed by atoms with Crippen LogP contribution in [-0.2, 0) is 4.79 Å². The summed E-state index contributed by atoms with van der Waals surface area (Å²) in [5, 5.41) is 2.83. The standard InChI is InChI=1S/C11H14BrN3O/c12-8-7-14-5-2-9(8)15-10(16)6-11(13)3-1-4-11/h2,5,7H,1,3-4,6,13H2,(H,14,15,16). The van der Waals surface area contributed by atoms with Crippen molar-refractivity contribution in [1.82, 2.24) is 4.98 Å². The van der Waals surface area contributed by atoms with Gasteiger partial charge in [-0.15, -0.1) is 0 Å². The number of anilines is 1. The first-order valence-electron chi connectivity index (χ1n) is 5.27. The lowest BCUT2D eigenvalue weighted by atomic mass is 9.75. The molecule has 0 bridgehead atoms. The van der Waals surface area contributed by atoms with Crippen molar-refractivity contribution in [1.29, 1.82) is 0 Å². The lowest BCUT2D eigenvalue weighted by molar-refractivity contribution is -0.118. The highest BCUT2D eigenvalue weighted by atomic mass is 79.9. The van der Waals surface area contributed by atoms with Crippen molar-refractivity contribution >= 4 is 27.5 Å². The zero-order valence-electron chi connectivity index (χ0n) is 8.87. The summed E-state index contributed by atoms with van der Waals surface area (Å²) < 4.78 is 0.781. The Hall–Kier alpha value is -0.940. The summed E-state index contributed by atoms with van der Waals surface area (Å²) in [5.41, 5.74) is 6.48. The first kappa shape index (κ1) is 11.5. The molecule has 1 saturated carbocycles. The zero-order valence-corrected chi connectivity index (χ0v) is 10.5. The van der Waals surface area contributed by atoms with Crippen molar-refractivity contribution in [3.05, 3.63) is 22.9 Å². The molecule has 3 N–H and O–H groups in total. The highest BCUT2D eigenvalue weighted by molar-refractivity contribution is 9.10. The fraction of sp³-hybridized carbons (Fsp3) is 0.455. The number of nitrogens with one attached hydrogen (secondary N) is 1. The predicted molar refractivity (Wildman–Crippen MR) is 66.0 cm³/mol. The van der Waals surface area contributed by atoms with Crippen LogP contribution in [0.15, 0.2) is 22.9 Å². The van der Waals surface area contributed by atoms with E-state index in [0.717, 1.165) is 29.4 Å². The number of hydrogen-bond acceptors (Lipinski definition) is 3. The minimum atomic E-state index is -0.274. The number of amides is 1. The quantitative estimate of drug-likeness (QED) is 0.892. The van der Waals surface area contributed by atoms with Gasteiger partial charge in [-0.2, -0.15) is 0 Å². The maximum absolute atomic E-state index is 11.7. The summed E-state index contributed by atoms with van der Waals surface area (Å²) in [6.45, 7) is 0. The van der Waals surface area contributed by atoms with E-state index in [9.17, 15) is 4.79 Å². The van der Waals surface area contributed by atoms with E-state index in [1.807, 2.05) is 0 Å². The summed E-state index contributed by atoms with van der Waals surface area (Å²) in [4.78, 5) is 15.7. The molecular formula is C11H14BrN3O. The average molecular weight is 284 g/mol. The van der Waals surface area contributed by atoms with Crippen LogP contribution < -0.4 is 11.1 Å². The molecule has 0 aliphatic heterocycles. The van der Waals surface area contributed by atoms with Crippen LogP contribution in [-0.4, -0.2) is 16.4 Å². The number of nitrogens with zero attached hydrogens (tertiary/aromatic N) is 1. The molecule has 16 heavy (non-hydrogen) atoms. The van der Waals surface area contributed by atoms with Crippen LogP contribution in [0.3, 0.4) is 0 Å². The minimum absolute atomic E-state index is 0.0332. The van der Waals surface area contributed by atoms with E-state index < -0.39 is 0 Å². The molecule has 0 aromatic carbocycles. The minimum Gasteiger partial charge on any atom is -0.325 e. The molecule has 4 nitrogen and oxygen atoms in total. The second-order valence-corrected chi connectivity index (χ2v) is 5.15. The van der Waals surface area contributed by atoms with Crippen LogP contribution >= 0.6 is 15.9 Å². The average Bonchev–Trinajstić information content (AvgIpc) is 2.19. The normalized spacial score (nSPS) is 17.6. The Bertz CT molecular complexity index is 404. The van der Waals surface area contributed by atoms with Crippen LogP contribution in [0, 0.1) is 0 Å². The Morgan fingerprint density at radius 1 is 1.62 bits per heavy atom. The van der Waals surface area contributed by atoms with Gasteiger partial charge in [-0.3, -0.25) is 9.78 Å². The monoisotopic (exact) mass is 283 g/mol. The van der Waals surface area contributed by atoms with Crippen molar-refractivity contribution in [3.8, 4) is 0 Å². The highest BCUT2D eigenvalue weighted by Gasteiger charge is 2.34. The number of nitrogens with two attached hydrogens (primary N) is 1. The topological polar surface area (TPSA) is 68.0 Å². The number of aromatic nitrogens is 1. The van der Waals surface area contributed by atoms with E-state index in [4.69, 9.17) is 5.73 Å². The number of halogens is 1. The number of hydrogen-bond donors (Lipinski definition) is 2. The summed E-state index contributed by atoms with van der Waals surface area (Å²) >= 11 is 3.33. The molecule has 2 rings (SSSR count). The van der Waals surface area contributed by atoms with E-state index in [0.29, 0.717) is 6.42 Å². The second kappa shape index (κ2) is 4.51. The molecule has 1 aliphatic carbocycles. The first-order valence-corrected chi connectivity index (χ1v) is 6.07. The van der Waals surface area contributed by atoms with E-state index >= 15 is 0 Å². The van der Waals surface area contributed by atoms with Gasteiger partial charge in [0.15, 0.2) is 0 Å². The summed E-state index contributed by atoms with van der Waals surface area (Å²) in [5.74, 6) is -0.0332. The molecule has 0 radical (unpaired) electrons. The van der Waals surface area contributed by atoms with Gasteiger partial charge in [0.05, 0.1) is 10.2 Å². The van der Waals surface area contributed by atoms with Gasteiger partial charge >= 0.3 is 0 Å². The molecule has 5 heteroatoms. The maximum Gasteiger partial charge on any atom is 0.226 e. The Labute approximate surface area is 103 Å². The molecule has 1 aromatic rings. The van der Waals surface area contributed by atoms with Gasteiger partial charge in [0.25, 0.3) is 0 Å². The third-order valence-corrected chi connectivity index (χ3v) is 3.54. The molecule has 0 saturated heterocycles. The molecule has 1 aromatic heterocycles. The fourth-order valence-corrected chi connectivity index (χ4v) is 2.15. The zero-order chi connectivity index (χ0) is 11.6. The van der Waals surface area contributed by atoms with Crippen LogP contribution in [0.1, 0.15) is 25.7 Å². The predicted octanol–water partition coefficient (Wildman–Crippen LogP) is 2.05. The maximum atomic E-state index is 11.7. The molecule has 1 heterocycles. The fourth-order valence-electron chi connectivity index (χ4n) is 1.80. The Morgan fingerprint density at radius 3 is 2.94 bits per heavy atom. The van der Waals surface area contributed by atoms with Gasteiger partial charge in [0.1, 0.15) is 0 Å². The molecule has 0 atom stereocenters. The molecule has 1 fully saturated rings. The summed E-state index contributed by atoms with van der Waals surface area (Å²) in [6, 6.07) is 1.76. The van der Waals surface area contributed by atoms with Crippen LogP contribution in [0.5, 0.6) is 0 Å². The van der Waals surface area contributed by atoms with Crippen molar-refractivity contribution in [2.24, 2.45) is 5.73 Å². The van der Waals surface area contributed by atoms with Gasteiger partial charge in [-0.1, -0.05) is 0 Å². The van der Waals surface area contributed by atoms with Crippen LogP contribution in [0.25, 0.3) is 0 Å². The molecule has 0 spiro atoms. The van der Waals surface area contributed by atoms with Gasteiger partial charge in [-0.25, -0.2) is 0 Å². The van der Waals surface area contributed by atoms with Crippen LogP contribution in [0.4, 0.5) is 5.69 Å². The van der Waals surface area contributed by atoms with E-state index in [1.165, 1.54) is 0 Å². The second-order valence-electron chi connectivity index (χ2n) is 4.30. The van der Waals surface area contributed by atoms with Gasteiger partial charge in [-0.05, 0) is 41.3 Å². The van der Waals surface area contributed by atoms with E-state index in [2.05, 4.69) is 26.2 Å². The Morgan fingerprint density at radius 2 is 2.38 bits per heavy atom. The van der Waals surface area contributed by atoms with Gasteiger partial charge in [0.2, 0.25) is 5.91 Å². The lowest BCUT2D eigenvalue weighted by Gasteiger charge is -2.37. The third kappa shape index (κ3) is 2.59. The van der Waals surface area contributed by atoms with E-state index in [-0.39, 0.29) is 11.4 Å². The van der Waals surface area contributed by atoms with Crippen molar-refractivity contribution < 1.29 is 4.79 Å². The SMILES string of the molecule is NC1(CC(=O)Nc2ccncc2Br)CCC1. The molecule has 1 aliphatic rings. The summed E-state index contributed by atoms with van der Waals surface area (Å²) in [6.07, 6.45) is 6.69. The molecular weight excluding hydrogens is 270 g/mol. The van der Waals surface area contributed by atoms with E-state index in [1.54, 1.807) is 18.5 Å². The first-order chi connectivity index (χ1) is 7.59. The number of carbonyl (C=O) groups is 1. The van der Waals surface area contributed by atoms with Crippen molar-refractivity contribution in [2.75, 3.05) is 5.32 Å². The largest absolute Gasteiger partial charge is 0.325 e. The van der Waals surface area contributed by atoms with Crippen molar-refractivity contribution in [3.63, 3.8) is 0 Å². The van der Waals surface area contributed by atoms with Gasteiger partial charge in [0, 0.05) is 24.4 Å². The number of rotatable bonds is 3. The van der Waals surface area contributed by atoms with Crippen LogP contribution in [0.2, 0.25) is 0 Å². The van der Waals surface area contributed by atoms with Gasteiger partial charge < -0.3 is 11.1 Å². The number of carbonyl (C=O) groups excluding carboxylic acids is 1. The molecule has 0 unspecified atom stereocenters. The lowest BCUT2D eigenvalue weighted by Crippen LogP contribution is -2.48. The summed E-state index contributed by atoms with van der Waals surface area (Å²) in [7, 11) is 0. The smallest absolute Gasteiger partial charge is 0.226 e. The Balaban J connectivity index is 1.95. The molecule has 1 amide bonds. The third-order valence-electron chi connectivity index (χ3n) is 2.91. The Kier molecular flexibility index (Phi) is 3.25. The molecule has 86 valence electrons. The number of pyridine rings is 1. The van der Waals surface area contributed by atoms with Crippen molar-refractivity contribution in [2.45, 2.75) is 31.2 Å². The highest BCUT2D eigenvalue weighted by Crippen LogP contribution is 2.32.